The number of hydrogen-bond acceptors (Lipinski definition) is 3. The van der Waals surface area contributed by atoms with Crippen LogP contribution in [-0.2, 0) is 4.74 Å². The van der Waals surface area contributed by atoms with E-state index < -0.39 is 0 Å². The largest absolute Gasteiger partial charge is 0.379 e. The highest BCUT2D eigenvalue weighted by Crippen LogP contribution is 2.31. The van der Waals surface area contributed by atoms with E-state index in [0.717, 1.165) is 19.4 Å². The van der Waals surface area contributed by atoms with Crippen LogP contribution in [0.25, 0.3) is 0 Å². The lowest BCUT2D eigenvalue weighted by molar-refractivity contribution is 0.124. The van der Waals surface area contributed by atoms with E-state index in [4.69, 9.17) is 9.84 Å². The molecule has 1 aliphatic heterocycles. The van der Waals surface area contributed by atoms with E-state index in [-0.39, 0.29) is 11.8 Å². The van der Waals surface area contributed by atoms with E-state index in [1.165, 1.54) is 0 Å². The maximum atomic E-state index is 9.08. The van der Waals surface area contributed by atoms with E-state index in [0.29, 0.717) is 0 Å². The van der Waals surface area contributed by atoms with Crippen molar-refractivity contribution in [1.29, 1.82) is 0 Å². The van der Waals surface area contributed by atoms with Crippen LogP contribution >= 0.6 is 0 Å². The molecule has 60 valence electrons. The molecule has 0 saturated carbocycles. The summed E-state index contributed by atoms with van der Waals surface area (Å²) >= 11 is 0. The molecule has 1 rings (SSSR count). The summed E-state index contributed by atoms with van der Waals surface area (Å²) in [6.07, 6.45) is 1.34. The molecule has 10 heavy (non-hydrogen) atoms. The Morgan fingerprint density at radius 1 is 1.80 bits per heavy atom. The van der Waals surface area contributed by atoms with Crippen LogP contribution in [0.3, 0.4) is 0 Å². The lowest BCUT2D eigenvalue weighted by atomic mass is 10.1. The summed E-state index contributed by atoms with van der Waals surface area (Å²) in [5.74, 6) is 0. The normalized spacial score (nSPS) is 33.9. The van der Waals surface area contributed by atoms with Gasteiger partial charge in [-0.2, -0.15) is 0 Å². The summed E-state index contributed by atoms with van der Waals surface area (Å²) < 4.78 is 5.15. The topological polar surface area (TPSA) is 44.8 Å². The summed E-state index contributed by atoms with van der Waals surface area (Å²) in [5.41, 5.74) is 0.0812. The van der Waals surface area contributed by atoms with Crippen molar-refractivity contribution in [3.8, 4) is 0 Å². The van der Waals surface area contributed by atoms with Crippen LogP contribution in [0.1, 0.15) is 19.8 Å². The first-order valence-corrected chi connectivity index (χ1v) is 3.66. The maximum Gasteiger partial charge on any atom is 0.104 e. The molecule has 0 aromatic heterocycles. The zero-order valence-electron chi connectivity index (χ0n) is 6.55. The van der Waals surface area contributed by atoms with Gasteiger partial charge >= 0.3 is 0 Å². The average Bonchev–Trinajstić information content (AvgIpc) is 2.64. The van der Waals surface area contributed by atoms with Crippen molar-refractivity contribution < 1.29 is 9.84 Å². The third kappa shape index (κ3) is 2.25. The van der Waals surface area contributed by atoms with Crippen LogP contribution in [0.5, 0.6) is 0 Å². The fourth-order valence-corrected chi connectivity index (χ4v) is 0.854. The van der Waals surface area contributed by atoms with E-state index >= 15 is 0 Å². The van der Waals surface area contributed by atoms with Crippen molar-refractivity contribution in [2.75, 3.05) is 13.7 Å². The zero-order valence-corrected chi connectivity index (χ0v) is 6.55. The van der Waals surface area contributed by atoms with Crippen molar-refractivity contribution in [3.05, 3.63) is 0 Å². The van der Waals surface area contributed by atoms with Crippen LogP contribution in [0.15, 0.2) is 0 Å². The molecule has 2 atom stereocenters. The Balaban J connectivity index is 2.04. The van der Waals surface area contributed by atoms with E-state index in [9.17, 15) is 0 Å². The Bertz CT molecular complexity index is 112. The van der Waals surface area contributed by atoms with Gasteiger partial charge in [-0.3, -0.25) is 5.32 Å². The molecule has 1 saturated heterocycles. The smallest absolute Gasteiger partial charge is 0.104 e. The Morgan fingerprint density at radius 2 is 2.40 bits per heavy atom. The molecular formula is C7H15NO2. The van der Waals surface area contributed by atoms with Gasteiger partial charge in [-0.05, 0) is 26.8 Å². The fourth-order valence-electron chi connectivity index (χ4n) is 0.854. The van der Waals surface area contributed by atoms with Gasteiger partial charge in [0, 0.05) is 0 Å². The highest BCUT2D eigenvalue weighted by Gasteiger charge is 2.38. The summed E-state index contributed by atoms with van der Waals surface area (Å²) in [6.45, 7) is 2.92. The van der Waals surface area contributed by atoms with Gasteiger partial charge in [0.1, 0.15) is 6.23 Å². The van der Waals surface area contributed by atoms with Gasteiger partial charge in [0.05, 0.1) is 12.2 Å². The molecule has 0 aromatic rings. The molecule has 1 fully saturated rings. The van der Waals surface area contributed by atoms with Gasteiger partial charge in [-0.25, -0.2) is 0 Å². The van der Waals surface area contributed by atoms with Gasteiger partial charge in [0.25, 0.3) is 0 Å². The molecule has 2 unspecified atom stereocenters. The molecule has 0 aromatic carbocycles. The van der Waals surface area contributed by atoms with Gasteiger partial charge in [0.2, 0.25) is 0 Å². The molecule has 3 nitrogen and oxygen atoms in total. The zero-order chi connectivity index (χ0) is 7.61. The second-order valence-corrected chi connectivity index (χ2v) is 3.08. The highest BCUT2D eigenvalue weighted by atomic mass is 16.6. The first-order valence-electron chi connectivity index (χ1n) is 3.66. The van der Waals surface area contributed by atoms with Crippen molar-refractivity contribution in [1.82, 2.24) is 5.32 Å². The second kappa shape index (κ2) is 2.86. The molecular weight excluding hydrogens is 130 g/mol. The molecule has 1 heterocycles. The molecule has 0 radical (unpaired) electrons. The third-order valence-corrected chi connectivity index (χ3v) is 1.92. The Kier molecular flexibility index (Phi) is 2.28. The van der Waals surface area contributed by atoms with Crippen LogP contribution < -0.4 is 5.32 Å². The quantitative estimate of drug-likeness (QED) is 0.435. The number of epoxide rings is 1. The summed E-state index contributed by atoms with van der Waals surface area (Å²) in [4.78, 5) is 0. The Morgan fingerprint density at radius 3 is 2.80 bits per heavy atom. The van der Waals surface area contributed by atoms with Gasteiger partial charge in [-0.1, -0.05) is 0 Å². The molecule has 1 aliphatic rings. The third-order valence-electron chi connectivity index (χ3n) is 1.92. The molecule has 0 aliphatic carbocycles. The predicted molar refractivity (Wildman–Crippen MR) is 38.7 cm³/mol. The van der Waals surface area contributed by atoms with Crippen LogP contribution in [-0.4, -0.2) is 30.6 Å². The van der Waals surface area contributed by atoms with Crippen molar-refractivity contribution in [2.24, 2.45) is 0 Å². The minimum atomic E-state index is -0.374. The standard InChI is InChI=1S/C7H15NO2/c1-7(5-10-7)4-3-6(9)8-2/h6,8-9H,3-5H2,1-2H3. The van der Waals surface area contributed by atoms with Gasteiger partial charge in [-0.15, -0.1) is 0 Å². The number of hydrogen-bond donors (Lipinski definition) is 2. The average molecular weight is 145 g/mol. The molecule has 3 heteroatoms. The summed E-state index contributed by atoms with van der Waals surface area (Å²) in [6, 6.07) is 0. The van der Waals surface area contributed by atoms with Crippen molar-refractivity contribution in [3.63, 3.8) is 0 Å². The number of rotatable bonds is 4. The first kappa shape index (κ1) is 7.98. The number of aliphatic hydroxyl groups excluding tert-OH is 1. The summed E-state index contributed by atoms with van der Waals surface area (Å²) in [5, 5.41) is 11.8. The minimum absolute atomic E-state index is 0.0812. The number of aliphatic hydroxyl groups is 1. The second-order valence-electron chi connectivity index (χ2n) is 3.08. The molecule has 2 N–H and O–H groups in total. The lowest BCUT2D eigenvalue weighted by Crippen LogP contribution is -2.25. The first-order chi connectivity index (χ1) is 4.66. The van der Waals surface area contributed by atoms with E-state index in [1.807, 2.05) is 0 Å². The molecule has 0 spiro atoms. The van der Waals surface area contributed by atoms with Crippen molar-refractivity contribution >= 4 is 0 Å². The summed E-state index contributed by atoms with van der Waals surface area (Å²) in [7, 11) is 1.75. The van der Waals surface area contributed by atoms with Crippen LogP contribution in [0.4, 0.5) is 0 Å². The highest BCUT2D eigenvalue weighted by molar-refractivity contribution is 4.86. The number of nitrogens with one attached hydrogen (secondary N) is 1. The SMILES string of the molecule is CNC(O)CCC1(C)CO1. The lowest BCUT2D eigenvalue weighted by Gasteiger charge is -2.09. The van der Waals surface area contributed by atoms with Crippen molar-refractivity contribution in [2.45, 2.75) is 31.6 Å². The maximum absolute atomic E-state index is 9.08. The fraction of sp³-hybridized carbons (Fsp3) is 1.00. The predicted octanol–water partition coefficient (Wildman–Crippen LogP) is 0.0933. The monoisotopic (exact) mass is 145 g/mol. The molecule has 0 bridgehead atoms. The molecule has 0 amide bonds. The van der Waals surface area contributed by atoms with Crippen LogP contribution in [0.2, 0.25) is 0 Å². The minimum Gasteiger partial charge on any atom is -0.379 e. The van der Waals surface area contributed by atoms with Crippen LogP contribution in [0, 0.1) is 0 Å². The number of ether oxygens (including phenoxy) is 1. The van der Waals surface area contributed by atoms with Gasteiger partial charge in [0.15, 0.2) is 0 Å². The van der Waals surface area contributed by atoms with Gasteiger partial charge < -0.3 is 9.84 Å². The van der Waals surface area contributed by atoms with E-state index in [2.05, 4.69) is 12.2 Å². The van der Waals surface area contributed by atoms with E-state index in [1.54, 1.807) is 7.05 Å². The Hall–Kier alpha value is -0.120. The Labute approximate surface area is 61.4 Å².